The fraction of sp³-hybridized carbons (Fsp3) is 0.611. The number of oxazole rings is 1. The van der Waals surface area contributed by atoms with Crippen molar-refractivity contribution in [2.45, 2.75) is 64.3 Å². The quantitative estimate of drug-likeness (QED) is 0.648. The van der Waals surface area contributed by atoms with Gasteiger partial charge in [-0.2, -0.15) is 0 Å². The van der Waals surface area contributed by atoms with E-state index in [2.05, 4.69) is 18.0 Å². The number of aromatic nitrogens is 1. The number of nitrogens with zero attached hydrogens (tertiary/aromatic N) is 1. The Labute approximate surface area is 133 Å². The molecule has 1 heterocycles. The SMILES string of the molecule is CCCCCCCCCc1cccc2oc(C(N)CN)nc12. The maximum atomic E-state index is 5.91. The summed E-state index contributed by atoms with van der Waals surface area (Å²) in [6.07, 6.45) is 10.3. The fourth-order valence-corrected chi connectivity index (χ4v) is 2.76. The monoisotopic (exact) mass is 303 g/mol. The summed E-state index contributed by atoms with van der Waals surface area (Å²) in [7, 11) is 0. The Morgan fingerprint density at radius 3 is 2.55 bits per heavy atom. The van der Waals surface area contributed by atoms with Crippen LogP contribution in [0.5, 0.6) is 0 Å². The first-order valence-corrected chi connectivity index (χ1v) is 8.60. The van der Waals surface area contributed by atoms with Gasteiger partial charge in [-0.05, 0) is 24.5 Å². The van der Waals surface area contributed by atoms with Crippen LogP contribution in [0.15, 0.2) is 22.6 Å². The van der Waals surface area contributed by atoms with Crippen LogP contribution in [0.4, 0.5) is 0 Å². The van der Waals surface area contributed by atoms with Crippen molar-refractivity contribution in [1.82, 2.24) is 4.98 Å². The number of nitrogens with two attached hydrogens (primary N) is 2. The molecule has 1 aromatic carbocycles. The zero-order chi connectivity index (χ0) is 15.8. The number of hydrogen-bond donors (Lipinski definition) is 2. The van der Waals surface area contributed by atoms with Crippen LogP contribution in [0.2, 0.25) is 0 Å². The van der Waals surface area contributed by atoms with E-state index in [-0.39, 0.29) is 6.04 Å². The fourth-order valence-electron chi connectivity index (χ4n) is 2.76. The van der Waals surface area contributed by atoms with Crippen LogP contribution in [0, 0.1) is 0 Å². The molecule has 0 aliphatic carbocycles. The molecule has 0 spiro atoms. The van der Waals surface area contributed by atoms with Gasteiger partial charge in [0.15, 0.2) is 5.58 Å². The Morgan fingerprint density at radius 2 is 1.82 bits per heavy atom. The van der Waals surface area contributed by atoms with Gasteiger partial charge in [-0.25, -0.2) is 4.98 Å². The minimum absolute atomic E-state index is 0.321. The van der Waals surface area contributed by atoms with Gasteiger partial charge in [0.25, 0.3) is 0 Å². The van der Waals surface area contributed by atoms with Gasteiger partial charge in [0.2, 0.25) is 5.89 Å². The van der Waals surface area contributed by atoms with Crippen molar-refractivity contribution >= 4 is 11.1 Å². The molecule has 4 N–H and O–H groups in total. The lowest BCUT2D eigenvalue weighted by Crippen LogP contribution is -2.20. The predicted molar refractivity (Wildman–Crippen MR) is 91.7 cm³/mol. The molecule has 2 rings (SSSR count). The molecule has 1 atom stereocenters. The second kappa shape index (κ2) is 8.91. The van der Waals surface area contributed by atoms with Gasteiger partial charge in [-0.3, -0.25) is 0 Å². The Hall–Kier alpha value is -1.39. The van der Waals surface area contributed by atoms with Crippen molar-refractivity contribution in [1.29, 1.82) is 0 Å². The van der Waals surface area contributed by atoms with Crippen LogP contribution < -0.4 is 11.5 Å². The molecule has 22 heavy (non-hydrogen) atoms. The third-order valence-electron chi connectivity index (χ3n) is 4.14. The van der Waals surface area contributed by atoms with Crippen molar-refractivity contribution in [2.24, 2.45) is 11.5 Å². The summed E-state index contributed by atoms with van der Waals surface area (Å²) in [4.78, 5) is 4.55. The van der Waals surface area contributed by atoms with E-state index in [0.29, 0.717) is 12.4 Å². The molecule has 4 heteroatoms. The Balaban J connectivity index is 1.89. The predicted octanol–water partition coefficient (Wildman–Crippen LogP) is 4.08. The highest BCUT2D eigenvalue weighted by Gasteiger charge is 2.14. The van der Waals surface area contributed by atoms with E-state index < -0.39 is 0 Å². The highest BCUT2D eigenvalue weighted by Crippen LogP contribution is 2.23. The number of fused-ring (bicyclic) bond motifs is 1. The van der Waals surface area contributed by atoms with Crippen LogP contribution in [0.3, 0.4) is 0 Å². The second-order valence-electron chi connectivity index (χ2n) is 6.03. The van der Waals surface area contributed by atoms with Crippen molar-refractivity contribution in [3.8, 4) is 0 Å². The Morgan fingerprint density at radius 1 is 1.09 bits per heavy atom. The molecule has 0 saturated carbocycles. The molecule has 0 bridgehead atoms. The van der Waals surface area contributed by atoms with Gasteiger partial charge in [0.05, 0.1) is 6.04 Å². The minimum atomic E-state index is -0.321. The van der Waals surface area contributed by atoms with E-state index in [1.165, 1.54) is 50.5 Å². The highest BCUT2D eigenvalue weighted by molar-refractivity contribution is 5.76. The van der Waals surface area contributed by atoms with E-state index in [4.69, 9.17) is 15.9 Å². The number of para-hydroxylation sites is 1. The van der Waals surface area contributed by atoms with Gasteiger partial charge in [-0.1, -0.05) is 57.6 Å². The smallest absolute Gasteiger partial charge is 0.213 e. The van der Waals surface area contributed by atoms with E-state index in [0.717, 1.165) is 17.5 Å². The lowest BCUT2D eigenvalue weighted by atomic mass is 10.0. The molecule has 2 aromatic rings. The van der Waals surface area contributed by atoms with Gasteiger partial charge in [0.1, 0.15) is 5.52 Å². The normalized spacial score (nSPS) is 12.9. The lowest BCUT2D eigenvalue weighted by Gasteiger charge is -2.03. The zero-order valence-corrected chi connectivity index (χ0v) is 13.7. The third kappa shape index (κ3) is 4.55. The standard InChI is InChI=1S/C18H29N3O/c1-2-3-4-5-6-7-8-10-14-11-9-12-16-17(14)21-18(22-16)15(20)13-19/h9,11-12,15H,2-8,10,13,19-20H2,1H3. The molecule has 0 fully saturated rings. The van der Waals surface area contributed by atoms with Crippen molar-refractivity contribution in [2.75, 3.05) is 6.54 Å². The summed E-state index contributed by atoms with van der Waals surface area (Å²) in [5, 5.41) is 0. The summed E-state index contributed by atoms with van der Waals surface area (Å²) in [6.45, 7) is 2.60. The number of rotatable bonds is 10. The summed E-state index contributed by atoms with van der Waals surface area (Å²) in [6, 6.07) is 5.80. The van der Waals surface area contributed by atoms with Gasteiger partial charge >= 0.3 is 0 Å². The molecule has 0 amide bonds. The van der Waals surface area contributed by atoms with Crippen molar-refractivity contribution in [3.05, 3.63) is 29.7 Å². The van der Waals surface area contributed by atoms with Gasteiger partial charge in [-0.15, -0.1) is 0 Å². The van der Waals surface area contributed by atoms with E-state index in [1.54, 1.807) is 0 Å². The van der Waals surface area contributed by atoms with E-state index >= 15 is 0 Å². The van der Waals surface area contributed by atoms with Crippen LogP contribution in [0.25, 0.3) is 11.1 Å². The Kier molecular flexibility index (Phi) is 6.87. The molecule has 1 unspecified atom stereocenters. The molecule has 0 aliphatic heterocycles. The molecule has 4 nitrogen and oxygen atoms in total. The minimum Gasteiger partial charge on any atom is -0.439 e. The molecule has 0 radical (unpaired) electrons. The molecule has 1 aromatic heterocycles. The van der Waals surface area contributed by atoms with Crippen LogP contribution in [-0.4, -0.2) is 11.5 Å². The van der Waals surface area contributed by atoms with E-state index in [9.17, 15) is 0 Å². The number of benzene rings is 1. The molecule has 122 valence electrons. The second-order valence-corrected chi connectivity index (χ2v) is 6.03. The van der Waals surface area contributed by atoms with Crippen molar-refractivity contribution in [3.63, 3.8) is 0 Å². The van der Waals surface area contributed by atoms with E-state index in [1.807, 2.05) is 12.1 Å². The molecule has 0 saturated heterocycles. The third-order valence-corrected chi connectivity index (χ3v) is 4.14. The van der Waals surface area contributed by atoms with Crippen LogP contribution in [-0.2, 0) is 6.42 Å². The lowest BCUT2D eigenvalue weighted by molar-refractivity contribution is 0.480. The average Bonchev–Trinajstić information content (AvgIpc) is 2.98. The first-order valence-electron chi connectivity index (χ1n) is 8.60. The highest BCUT2D eigenvalue weighted by atomic mass is 16.3. The summed E-state index contributed by atoms with van der Waals surface area (Å²) in [5.41, 5.74) is 14.5. The Bertz CT molecular complexity index is 564. The largest absolute Gasteiger partial charge is 0.439 e. The number of hydrogen-bond acceptors (Lipinski definition) is 4. The summed E-state index contributed by atoms with van der Waals surface area (Å²) < 4.78 is 5.72. The van der Waals surface area contributed by atoms with Gasteiger partial charge in [0, 0.05) is 6.54 Å². The molecular weight excluding hydrogens is 274 g/mol. The van der Waals surface area contributed by atoms with Crippen molar-refractivity contribution < 1.29 is 4.42 Å². The van der Waals surface area contributed by atoms with Crippen LogP contribution >= 0.6 is 0 Å². The van der Waals surface area contributed by atoms with Gasteiger partial charge < -0.3 is 15.9 Å². The number of unbranched alkanes of at least 4 members (excludes halogenated alkanes) is 6. The first kappa shape index (κ1) is 17.0. The topological polar surface area (TPSA) is 78.1 Å². The maximum absolute atomic E-state index is 5.91. The molecular formula is C18H29N3O. The summed E-state index contributed by atoms with van der Waals surface area (Å²) in [5.74, 6) is 0.546. The maximum Gasteiger partial charge on any atom is 0.213 e. The summed E-state index contributed by atoms with van der Waals surface area (Å²) >= 11 is 0. The van der Waals surface area contributed by atoms with Crippen LogP contribution in [0.1, 0.15) is 69.4 Å². The first-order chi connectivity index (χ1) is 10.8. The number of aryl methyl sites for hydroxylation is 1. The average molecular weight is 303 g/mol. The zero-order valence-electron chi connectivity index (χ0n) is 13.7. The molecule has 0 aliphatic rings.